The SMILES string of the molecule is Cc1ccc(NC(=O)c2ccc(NCCCN3C(=O)[C@H]4CCCC[C@H]4C3=O)c([N+](=O)[O-])c2)cc1Cl. The number of hydrogen-bond acceptors (Lipinski definition) is 6. The molecule has 0 unspecified atom stereocenters. The summed E-state index contributed by atoms with van der Waals surface area (Å²) in [5, 5.41) is 17.8. The highest BCUT2D eigenvalue weighted by Gasteiger charge is 2.47. The molecule has 0 bridgehead atoms. The summed E-state index contributed by atoms with van der Waals surface area (Å²) in [7, 11) is 0. The van der Waals surface area contributed by atoms with Crippen molar-refractivity contribution >= 4 is 46.4 Å². The smallest absolute Gasteiger partial charge is 0.293 e. The van der Waals surface area contributed by atoms with Crippen LogP contribution in [0.4, 0.5) is 17.1 Å². The van der Waals surface area contributed by atoms with Gasteiger partial charge in [0.2, 0.25) is 11.8 Å². The van der Waals surface area contributed by atoms with Crippen molar-refractivity contribution in [2.75, 3.05) is 23.7 Å². The monoisotopic (exact) mass is 498 g/mol. The molecule has 0 radical (unpaired) electrons. The number of amides is 3. The lowest BCUT2D eigenvalue weighted by molar-refractivity contribution is -0.384. The van der Waals surface area contributed by atoms with Gasteiger partial charge in [0.05, 0.1) is 16.8 Å². The Hall–Kier alpha value is -3.46. The van der Waals surface area contributed by atoms with Crippen LogP contribution in [0.3, 0.4) is 0 Å². The number of aryl methyl sites for hydroxylation is 1. The second-order valence-electron chi connectivity index (χ2n) is 9.01. The predicted octanol–water partition coefficient (Wildman–Crippen LogP) is 4.79. The molecule has 1 heterocycles. The molecular weight excluding hydrogens is 472 g/mol. The number of nitrogens with one attached hydrogen (secondary N) is 2. The number of benzene rings is 2. The minimum absolute atomic E-state index is 0.0871. The normalized spacial score (nSPS) is 19.4. The third-order valence-corrected chi connectivity index (χ3v) is 7.10. The fourth-order valence-corrected chi connectivity index (χ4v) is 4.94. The van der Waals surface area contributed by atoms with E-state index >= 15 is 0 Å². The molecule has 1 saturated carbocycles. The number of nitro benzene ring substituents is 1. The molecule has 184 valence electrons. The summed E-state index contributed by atoms with van der Waals surface area (Å²) >= 11 is 6.09. The van der Waals surface area contributed by atoms with E-state index in [0.29, 0.717) is 23.7 Å². The number of carbonyl (C=O) groups excluding carboxylic acids is 3. The average Bonchev–Trinajstić information content (AvgIpc) is 3.09. The van der Waals surface area contributed by atoms with E-state index in [2.05, 4.69) is 10.6 Å². The Balaban J connectivity index is 1.36. The highest BCUT2D eigenvalue weighted by Crippen LogP contribution is 2.38. The molecule has 4 rings (SSSR count). The predicted molar refractivity (Wildman–Crippen MR) is 133 cm³/mol. The number of carbonyl (C=O) groups is 3. The Morgan fingerprint density at radius 1 is 1.11 bits per heavy atom. The van der Waals surface area contributed by atoms with E-state index in [0.717, 1.165) is 31.2 Å². The second kappa shape index (κ2) is 10.4. The maximum atomic E-state index is 12.6. The van der Waals surface area contributed by atoms with Crippen molar-refractivity contribution in [1.82, 2.24) is 4.90 Å². The lowest BCUT2D eigenvalue weighted by Crippen LogP contribution is -2.33. The summed E-state index contributed by atoms with van der Waals surface area (Å²) < 4.78 is 0. The fourth-order valence-electron chi connectivity index (χ4n) is 4.76. The van der Waals surface area contributed by atoms with Crippen molar-refractivity contribution in [1.29, 1.82) is 0 Å². The molecule has 9 nitrogen and oxygen atoms in total. The first-order valence-electron chi connectivity index (χ1n) is 11.7. The van der Waals surface area contributed by atoms with Crippen molar-refractivity contribution in [3.05, 3.63) is 62.7 Å². The van der Waals surface area contributed by atoms with Crippen LogP contribution in [0.2, 0.25) is 5.02 Å². The molecule has 0 spiro atoms. The minimum atomic E-state index is -0.555. The molecule has 2 aliphatic rings. The van der Waals surface area contributed by atoms with Crippen LogP contribution in [-0.2, 0) is 9.59 Å². The lowest BCUT2D eigenvalue weighted by Gasteiger charge is -2.19. The number of hydrogen-bond donors (Lipinski definition) is 2. The number of nitro groups is 1. The molecule has 1 aliphatic carbocycles. The molecule has 35 heavy (non-hydrogen) atoms. The summed E-state index contributed by atoms with van der Waals surface area (Å²) in [5.41, 5.74) is 1.51. The molecular formula is C25H27ClN4O5. The van der Waals surface area contributed by atoms with Gasteiger partial charge in [0, 0.05) is 35.4 Å². The number of halogens is 1. The highest BCUT2D eigenvalue weighted by molar-refractivity contribution is 6.31. The van der Waals surface area contributed by atoms with Crippen molar-refractivity contribution in [3.8, 4) is 0 Å². The van der Waals surface area contributed by atoms with E-state index in [-0.39, 0.29) is 47.1 Å². The molecule has 2 aromatic rings. The van der Waals surface area contributed by atoms with Crippen LogP contribution in [0.5, 0.6) is 0 Å². The van der Waals surface area contributed by atoms with E-state index in [1.807, 2.05) is 6.92 Å². The Bertz CT molecular complexity index is 1160. The van der Waals surface area contributed by atoms with Gasteiger partial charge >= 0.3 is 0 Å². The van der Waals surface area contributed by atoms with Crippen molar-refractivity contribution in [2.45, 2.75) is 39.0 Å². The Kier molecular flexibility index (Phi) is 7.35. The van der Waals surface area contributed by atoms with Crippen molar-refractivity contribution in [3.63, 3.8) is 0 Å². The Morgan fingerprint density at radius 2 is 1.80 bits per heavy atom. The van der Waals surface area contributed by atoms with Gasteiger partial charge < -0.3 is 10.6 Å². The summed E-state index contributed by atoms with van der Waals surface area (Å²) in [6.45, 7) is 2.46. The summed E-state index contributed by atoms with van der Waals surface area (Å²) in [6, 6.07) is 9.28. The van der Waals surface area contributed by atoms with E-state index in [9.17, 15) is 24.5 Å². The molecule has 2 aromatic carbocycles. The first kappa shape index (κ1) is 24.7. The number of fused-ring (bicyclic) bond motifs is 1. The minimum Gasteiger partial charge on any atom is -0.379 e. The zero-order valence-electron chi connectivity index (χ0n) is 19.4. The molecule has 1 saturated heterocycles. The Morgan fingerprint density at radius 3 is 2.43 bits per heavy atom. The van der Waals surface area contributed by atoms with Crippen LogP contribution in [0.1, 0.15) is 48.0 Å². The standard InChI is InChI=1S/C25H27ClN4O5/c1-15-7-9-17(14-20(15)26)28-23(31)16-8-10-21(22(13-16)30(34)35)27-11-4-12-29-24(32)18-5-2-3-6-19(18)25(29)33/h7-10,13-14,18-19,27H,2-6,11-12H2,1H3,(H,28,31)/t18-,19+. The molecule has 1 aliphatic heterocycles. The van der Waals surface area contributed by atoms with E-state index in [1.54, 1.807) is 18.2 Å². The van der Waals surface area contributed by atoms with Gasteiger partial charge in [0.15, 0.2) is 0 Å². The van der Waals surface area contributed by atoms with Gasteiger partial charge in [-0.15, -0.1) is 0 Å². The van der Waals surface area contributed by atoms with Gasteiger partial charge in [-0.1, -0.05) is 30.5 Å². The largest absolute Gasteiger partial charge is 0.379 e. The van der Waals surface area contributed by atoms with Gasteiger partial charge in [-0.25, -0.2) is 0 Å². The van der Waals surface area contributed by atoms with Crippen LogP contribution >= 0.6 is 11.6 Å². The molecule has 2 atom stereocenters. The molecule has 3 amide bonds. The first-order valence-corrected chi connectivity index (χ1v) is 12.1. The number of nitrogens with zero attached hydrogens (tertiary/aromatic N) is 2. The maximum absolute atomic E-state index is 12.6. The molecule has 2 N–H and O–H groups in total. The van der Waals surface area contributed by atoms with E-state index in [4.69, 9.17) is 11.6 Å². The van der Waals surface area contributed by atoms with Crippen LogP contribution in [0.25, 0.3) is 0 Å². The summed E-state index contributed by atoms with van der Waals surface area (Å²) in [4.78, 5) is 50.2. The number of imide groups is 1. The fraction of sp³-hybridized carbons (Fsp3) is 0.400. The summed E-state index contributed by atoms with van der Waals surface area (Å²) in [6.07, 6.45) is 3.96. The van der Waals surface area contributed by atoms with Gasteiger partial charge in [-0.3, -0.25) is 29.4 Å². The number of anilines is 2. The van der Waals surface area contributed by atoms with Gasteiger partial charge in [-0.05, 0) is 56.0 Å². The van der Waals surface area contributed by atoms with E-state index < -0.39 is 10.8 Å². The molecule has 0 aromatic heterocycles. The number of likely N-dealkylation sites (tertiary alicyclic amines) is 1. The van der Waals surface area contributed by atoms with Gasteiger partial charge in [0.25, 0.3) is 11.6 Å². The van der Waals surface area contributed by atoms with Crippen LogP contribution < -0.4 is 10.6 Å². The highest BCUT2D eigenvalue weighted by atomic mass is 35.5. The zero-order chi connectivity index (χ0) is 25.1. The third-order valence-electron chi connectivity index (χ3n) is 6.69. The van der Waals surface area contributed by atoms with Crippen LogP contribution in [0, 0.1) is 28.9 Å². The maximum Gasteiger partial charge on any atom is 0.293 e. The van der Waals surface area contributed by atoms with Crippen molar-refractivity contribution in [2.24, 2.45) is 11.8 Å². The Labute approximate surface area is 208 Å². The van der Waals surface area contributed by atoms with E-state index in [1.165, 1.54) is 23.1 Å². The molecule has 2 fully saturated rings. The number of rotatable bonds is 8. The molecule has 10 heteroatoms. The third kappa shape index (κ3) is 5.30. The quantitative estimate of drug-likeness (QED) is 0.233. The average molecular weight is 499 g/mol. The summed E-state index contributed by atoms with van der Waals surface area (Å²) in [5.74, 6) is -1.03. The lowest BCUT2D eigenvalue weighted by atomic mass is 9.81. The van der Waals surface area contributed by atoms with Gasteiger partial charge in [0.1, 0.15) is 5.69 Å². The van der Waals surface area contributed by atoms with Crippen LogP contribution in [-0.4, -0.2) is 40.6 Å². The second-order valence-corrected chi connectivity index (χ2v) is 9.42. The topological polar surface area (TPSA) is 122 Å². The zero-order valence-corrected chi connectivity index (χ0v) is 20.1. The van der Waals surface area contributed by atoms with Crippen LogP contribution in [0.15, 0.2) is 36.4 Å². The first-order chi connectivity index (χ1) is 16.8. The van der Waals surface area contributed by atoms with Crippen molar-refractivity contribution < 1.29 is 19.3 Å². The van der Waals surface area contributed by atoms with Gasteiger partial charge in [-0.2, -0.15) is 0 Å².